The summed E-state index contributed by atoms with van der Waals surface area (Å²) in [6, 6.07) is 5.52. The molecule has 1 saturated heterocycles. The lowest BCUT2D eigenvalue weighted by Crippen LogP contribution is -2.25. The van der Waals surface area contributed by atoms with E-state index in [0.717, 1.165) is 11.3 Å². The first kappa shape index (κ1) is 9.00. The third kappa shape index (κ3) is 1.37. The average Bonchev–Trinajstić information content (AvgIpc) is 2.85. The number of fused-ring (bicyclic) bond motifs is 1. The van der Waals surface area contributed by atoms with Gasteiger partial charge in [0.05, 0.1) is 6.61 Å². The van der Waals surface area contributed by atoms with Gasteiger partial charge in [-0.15, -0.1) is 0 Å². The molecule has 1 aromatic carbocycles. The van der Waals surface area contributed by atoms with Crippen LogP contribution in [0.4, 0.5) is 0 Å². The molecule has 0 saturated carbocycles. The van der Waals surface area contributed by atoms with Gasteiger partial charge in [-0.05, 0) is 17.7 Å². The highest BCUT2D eigenvalue weighted by Gasteiger charge is 2.35. The Hall–Kier alpha value is -1.26. The van der Waals surface area contributed by atoms with Gasteiger partial charge in [0.25, 0.3) is 0 Å². The van der Waals surface area contributed by atoms with Crippen molar-refractivity contribution in [2.75, 3.05) is 20.0 Å². The number of rotatable bonds is 1. The van der Waals surface area contributed by atoms with Gasteiger partial charge in [-0.25, -0.2) is 0 Å². The molecular weight excluding hydrogens is 196 g/mol. The van der Waals surface area contributed by atoms with Crippen LogP contribution in [-0.4, -0.2) is 25.1 Å². The van der Waals surface area contributed by atoms with Crippen LogP contribution in [0.15, 0.2) is 18.2 Å². The molecule has 1 fully saturated rings. The zero-order valence-electron chi connectivity index (χ0n) is 8.23. The van der Waals surface area contributed by atoms with E-state index in [1.54, 1.807) is 0 Å². The minimum atomic E-state index is -0.860. The summed E-state index contributed by atoms with van der Waals surface area (Å²) >= 11 is 0. The van der Waals surface area contributed by atoms with Crippen LogP contribution in [0.5, 0.6) is 11.5 Å². The van der Waals surface area contributed by atoms with Crippen molar-refractivity contribution in [1.29, 1.82) is 0 Å². The fraction of sp³-hybridized carbons (Fsp3) is 0.455. The molecule has 1 N–H and O–H groups in total. The molecule has 0 spiro atoms. The highest BCUT2D eigenvalue weighted by atomic mass is 16.7. The van der Waals surface area contributed by atoms with E-state index in [0.29, 0.717) is 25.4 Å². The van der Waals surface area contributed by atoms with Crippen molar-refractivity contribution in [3.63, 3.8) is 0 Å². The summed E-state index contributed by atoms with van der Waals surface area (Å²) in [6.45, 7) is 1.21. The van der Waals surface area contributed by atoms with E-state index < -0.39 is 5.60 Å². The summed E-state index contributed by atoms with van der Waals surface area (Å²) in [5, 5.41) is 10.3. The van der Waals surface area contributed by atoms with Crippen molar-refractivity contribution in [3.8, 4) is 11.5 Å². The summed E-state index contributed by atoms with van der Waals surface area (Å²) in [5.41, 5.74) is -0.0229. The Labute approximate surface area is 87.4 Å². The zero-order valence-corrected chi connectivity index (χ0v) is 8.23. The summed E-state index contributed by atoms with van der Waals surface area (Å²) < 4.78 is 15.7. The standard InChI is InChI=1S/C11H12O4/c12-11(3-4-13-6-11)8-1-2-9-10(5-8)15-7-14-9/h1-2,5,12H,3-4,6-7H2. The van der Waals surface area contributed by atoms with Crippen LogP contribution < -0.4 is 9.47 Å². The van der Waals surface area contributed by atoms with Crippen molar-refractivity contribution in [2.45, 2.75) is 12.0 Å². The lowest BCUT2D eigenvalue weighted by atomic mass is 9.93. The molecule has 1 atom stereocenters. The Balaban J connectivity index is 1.98. The van der Waals surface area contributed by atoms with Crippen molar-refractivity contribution in [3.05, 3.63) is 23.8 Å². The van der Waals surface area contributed by atoms with Gasteiger partial charge >= 0.3 is 0 Å². The Kier molecular flexibility index (Phi) is 1.87. The third-order valence-corrected chi connectivity index (χ3v) is 2.91. The molecule has 2 aliphatic rings. The van der Waals surface area contributed by atoms with E-state index in [4.69, 9.17) is 14.2 Å². The van der Waals surface area contributed by atoms with Gasteiger partial charge in [-0.1, -0.05) is 6.07 Å². The monoisotopic (exact) mass is 208 g/mol. The summed E-state index contributed by atoms with van der Waals surface area (Å²) in [6.07, 6.45) is 0.632. The molecule has 0 amide bonds. The summed E-state index contributed by atoms with van der Waals surface area (Å²) in [5.74, 6) is 1.44. The maximum absolute atomic E-state index is 10.3. The third-order valence-electron chi connectivity index (χ3n) is 2.91. The number of ether oxygens (including phenoxy) is 3. The second kappa shape index (κ2) is 3.12. The lowest BCUT2D eigenvalue weighted by Gasteiger charge is -2.20. The predicted octanol–water partition coefficient (Wildman–Crippen LogP) is 1.02. The predicted molar refractivity (Wildman–Crippen MR) is 51.9 cm³/mol. The van der Waals surface area contributed by atoms with Crippen LogP contribution >= 0.6 is 0 Å². The first-order valence-corrected chi connectivity index (χ1v) is 4.98. The Morgan fingerprint density at radius 2 is 2.07 bits per heavy atom. The molecular formula is C11H12O4. The second-order valence-electron chi connectivity index (χ2n) is 3.90. The van der Waals surface area contributed by atoms with E-state index in [-0.39, 0.29) is 6.79 Å². The molecule has 2 heterocycles. The molecule has 0 aromatic heterocycles. The molecule has 0 radical (unpaired) electrons. The molecule has 4 nitrogen and oxygen atoms in total. The molecule has 2 aliphatic heterocycles. The van der Waals surface area contributed by atoms with E-state index in [2.05, 4.69) is 0 Å². The SMILES string of the molecule is OC1(c2ccc3c(c2)OCO3)CCOC1. The Morgan fingerprint density at radius 3 is 2.87 bits per heavy atom. The molecule has 1 aromatic rings. The van der Waals surface area contributed by atoms with Crippen LogP contribution in [0.3, 0.4) is 0 Å². The highest BCUT2D eigenvalue weighted by Crippen LogP contribution is 2.38. The summed E-state index contributed by atoms with van der Waals surface area (Å²) in [7, 11) is 0. The fourth-order valence-corrected chi connectivity index (χ4v) is 1.97. The van der Waals surface area contributed by atoms with Gasteiger partial charge in [0.1, 0.15) is 5.60 Å². The number of aliphatic hydroxyl groups is 1. The van der Waals surface area contributed by atoms with Gasteiger partial charge in [0, 0.05) is 13.0 Å². The fourth-order valence-electron chi connectivity index (χ4n) is 1.97. The van der Waals surface area contributed by atoms with Gasteiger partial charge in [0.15, 0.2) is 11.5 Å². The van der Waals surface area contributed by atoms with Crippen molar-refractivity contribution in [2.24, 2.45) is 0 Å². The van der Waals surface area contributed by atoms with Crippen molar-refractivity contribution < 1.29 is 19.3 Å². The molecule has 0 bridgehead atoms. The molecule has 15 heavy (non-hydrogen) atoms. The zero-order chi connectivity index (χ0) is 10.3. The maximum Gasteiger partial charge on any atom is 0.231 e. The normalized spacial score (nSPS) is 28.3. The van der Waals surface area contributed by atoms with Gasteiger partial charge in [0.2, 0.25) is 6.79 Å². The molecule has 4 heteroatoms. The Bertz CT molecular complexity index is 382. The van der Waals surface area contributed by atoms with E-state index in [1.165, 1.54) is 0 Å². The van der Waals surface area contributed by atoms with Crippen molar-refractivity contribution >= 4 is 0 Å². The smallest absolute Gasteiger partial charge is 0.231 e. The minimum Gasteiger partial charge on any atom is -0.454 e. The summed E-state index contributed by atoms with van der Waals surface area (Å²) in [4.78, 5) is 0. The van der Waals surface area contributed by atoms with E-state index >= 15 is 0 Å². The van der Waals surface area contributed by atoms with Crippen LogP contribution in [0.1, 0.15) is 12.0 Å². The van der Waals surface area contributed by atoms with Gasteiger partial charge in [-0.2, -0.15) is 0 Å². The highest BCUT2D eigenvalue weighted by molar-refractivity contribution is 5.46. The van der Waals surface area contributed by atoms with E-state index in [1.807, 2.05) is 18.2 Å². The van der Waals surface area contributed by atoms with E-state index in [9.17, 15) is 5.11 Å². The number of hydrogen-bond acceptors (Lipinski definition) is 4. The Morgan fingerprint density at radius 1 is 1.20 bits per heavy atom. The maximum atomic E-state index is 10.3. The molecule has 0 aliphatic carbocycles. The molecule has 80 valence electrons. The first-order chi connectivity index (χ1) is 7.28. The number of benzene rings is 1. The molecule has 3 rings (SSSR count). The van der Waals surface area contributed by atoms with Gasteiger partial charge < -0.3 is 19.3 Å². The van der Waals surface area contributed by atoms with Crippen LogP contribution in [0, 0.1) is 0 Å². The average molecular weight is 208 g/mol. The van der Waals surface area contributed by atoms with Crippen molar-refractivity contribution in [1.82, 2.24) is 0 Å². The van der Waals surface area contributed by atoms with Crippen LogP contribution in [-0.2, 0) is 10.3 Å². The van der Waals surface area contributed by atoms with Crippen LogP contribution in [0.2, 0.25) is 0 Å². The topological polar surface area (TPSA) is 47.9 Å². The minimum absolute atomic E-state index is 0.258. The second-order valence-corrected chi connectivity index (χ2v) is 3.90. The lowest BCUT2D eigenvalue weighted by molar-refractivity contribution is 0.0230. The largest absolute Gasteiger partial charge is 0.454 e. The van der Waals surface area contributed by atoms with Gasteiger partial charge in [-0.3, -0.25) is 0 Å². The number of hydrogen-bond donors (Lipinski definition) is 1. The van der Waals surface area contributed by atoms with Crippen LogP contribution in [0.25, 0.3) is 0 Å². The quantitative estimate of drug-likeness (QED) is 0.748. The molecule has 1 unspecified atom stereocenters. The first-order valence-electron chi connectivity index (χ1n) is 4.98.